The van der Waals surface area contributed by atoms with Crippen LogP contribution in [0.15, 0.2) is 10.5 Å². The summed E-state index contributed by atoms with van der Waals surface area (Å²) in [5.74, 6) is -1.15. The van der Waals surface area contributed by atoms with Crippen LogP contribution in [0.25, 0.3) is 0 Å². The SMILES string of the molecule is CN(CCCCCC(=O)O)/N=N\OCOC(=O)C(C)(C)C. The first-order valence-corrected chi connectivity index (χ1v) is 6.86. The molecule has 0 radical (unpaired) electrons. The average molecular weight is 303 g/mol. The van der Waals surface area contributed by atoms with Crippen LogP contribution in [0, 0.1) is 5.41 Å². The van der Waals surface area contributed by atoms with Crippen molar-refractivity contribution < 1.29 is 24.3 Å². The Morgan fingerprint density at radius 3 is 2.43 bits per heavy atom. The van der Waals surface area contributed by atoms with Crippen LogP contribution < -0.4 is 0 Å². The molecule has 0 aromatic rings. The summed E-state index contributed by atoms with van der Waals surface area (Å²) in [4.78, 5) is 26.4. The number of carboxylic acid groups (broad SMARTS) is 1. The number of carbonyl (C=O) groups is 2. The second-order valence-electron chi connectivity index (χ2n) is 5.69. The quantitative estimate of drug-likeness (QED) is 0.219. The molecule has 0 saturated carbocycles. The van der Waals surface area contributed by atoms with Crippen LogP contribution in [0.3, 0.4) is 0 Å². The molecule has 8 nitrogen and oxygen atoms in total. The molecule has 0 aromatic carbocycles. The van der Waals surface area contributed by atoms with Crippen molar-refractivity contribution in [3.8, 4) is 0 Å². The third-order valence-corrected chi connectivity index (χ3v) is 2.47. The Morgan fingerprint density at radius 2 is 1.86 bits per heavy atom. The van der Waals surface area contributed by atoms with E-state index in [1.165, 1.54) is 0 Å². The first-order valence-electron chi connectivity index (χ1n) is 6.86. The summed E-state index contributed by atoms with van der Waals surface area (Å²) in [7, 11) is 1.73. The molecule has 0 aliphatic rings. The fraction of sp³-hybridized carbons (Fsp3) is 0.846. The topological polar surface area (TPSA) is 101 Å². The van der Waals surface area contributed by atoms with E-state index in [4.69, 9.17) is 14.7 Å². The van der Waals surface area contributed by atoms with Crippen molar-refractivity contribution in [3.63, 3.8) is 0 Å². The lowest BCUT2D eigenvalue weighted by atomic mass is 9.98. The number of esters is 1. The van der Waals surface area contributed by atoms with Gasteiger partial charge >= 0.3 is 11.9 Å². The molecule has 8 heteroatoms. The lowest BCUT2D eigenvalue weighted by Gasteiger charge is -2.15. The number of carbonyl (C=O) groups excluding carboxylic acids is 1. The van der Waals surface area contributed by atoms with Crippen molar-refractivity contribution in [3.05, 3.63) is 0 Å². The van der Waals surface area contributed by atoms with Crippen LogP contribution >= 0.6 is 0 Å². The van der Waals surface area contributed by atoms with Crippen LogP contribution in [0.1, 0.15) is 46.5 Å². The number of unbranched alkanes of at least 4 members (excludes halogenated alkanes) is 2. The van der Waals surface area contributed by atoms with Gasteiger partial charge in [-0.25, -0.2) is 0 Å². The molecule has 21 heavy (non-hydrogen) atoms. The number of ether oxygens (including phenoxy) is 1. The first-order chi connectivity index (χ1) is 9.73. The van der Waals surface area contributed by atoms with Gasteiger partial charge in [-0.2, -0.15) is 0 Å². The summed E-state index contributed by atoms with van der Waals surface area (Å²) in [5, 5.41) is 17.2. The molecule has 0 fully saturated rings. The minimum atomic E-state index is -0.777. The Kier molecular flexibility index (Phi) is 9.07. The van der Waals surface area contributed by atoms with E-state index in [1.807, 2.05) is 0 Å². The summed E-state index contributed by atoms with van der Waals surface area (Å²) in [5.41, 5.74) is -0.576. The Hall–Kier alpha value is -1.86. The van der Waals surface area contributed by atoms with Gasteiger partial charge < -0.3 is 14.7 Å². The summed E-state index contributed by atoms with van der Waals surface area (Å²) in [6, 6.07) is 0. The fourth-order valence-electron chi connectivity index (χ4n) is 1.25. The zero-order valence-corrected chi connectivity index (χ0v) is 13.2. The third-order valence-electron chi connectivity index (χ3n) is 2.47. The van der Waals surface area contributed by atoms with Gasteiger partial charge in [-0.05, 0) is 38.8 Å². The van der Waals surface area contributed by atoms with Gasteiger partial charge in [-0.15, -0.1) is 0 Å². The van der Waals surface area contributed by atoms with Crippen LogP contribution in [0.4, 0.5) is 0 Å². The molecule has 0 bridgehead atoms. The maximum absolute atomic E-state index is 11.4. The second kappa shape index (κ2) is 9.95. The molecular formula is C13H25N3O5. The largest absolute Gasteiger partial charge is 0.481 e. The van der Waals surface area contributed by atoms with Crippen LogP contribution in [0.5, 0.6) is 0 Å². The van der Waals surface area contributed by atoms with Crippen LogP contribution in [-0.4, -0.2) is 42.4 Å². The first kappa shape index (κ1) is 19.1. The highest BCUT2D eigenvalue weighted by atomic mass is 16.8. The lowest BCUT2D eigenvalue weighted by Crippen LogP contribution is -2.23. The molecule has 0 unspecified atom stereocenters. The maximum Gasteiger partial charge on any atom is 0.314 e. The Morgan fingerprint density at radius 1 is 1.19 bits per heavy atom. The highest BCUT2D eigenvalue weighted by Gasteiger charge is 2.22. The van der Waals surface area contributed by atoms with E-state index < -0.39 is 11.4 Å². The third kappa shape index (κ3) is 11.6. The highest BCUT2D eigenvalue weighted by Crippen LogP contribution is 2.14. The number of carboxylic acids is 1. The Balaban J connectivity index is 3.60. The molecule has 0 spiro atoms. The minimum Gasteiger partial charge on any atom is -0.481 e. The van der Waals surface area contributed by atoms with E-state index >= 15 is 0 Å². The number of aliphatic carboxylic acids is 1. The van der Waals surface area contributed by atoms with Crippen molar-refractivity contribution in [2.24, 2.45) is 15.9 Å². The fourth-order valence-corrected chi connectivity index (χ4v) is 1.25. The maximum atomic E-state index is 11.4. The van der Waals surface area contributed by atoms with Gasteiger partial charge in [0, 0.05) is 25.3 Å². The van der Waals surface area contributed by atoms with E-state index in [2.05, 4.69) is 10.5 Å². The zero-order chi connectivity index (χ0) is 16.3. The molecular weight excluding hydrogens is 278 g/mol. The predicted molar refractivity (Wildman–Crippen MR) is 75.1 cm³/mol. The van der Waals surface area contributed by atoms with Gasteiger partial charge in [0.1, 0.15) is 0 Å². The van der Waals surface area contributed by atoms with Crippen molar-refractivity contribution in [2.75, 3.05) is 20.4 Å². The molecule has 0 saturated heterocycles. The lowest BCUT2D eigenvalue weighted by molar-refractivity contribution is -0.166. The van der Waals surface area contributed by atoms with Gasteiger partial charge in [-0.1, -0.05) is 6.42 Å². The van der Waals surface area contributed by atoms with Gasteiger partial charge in [0.05, 0.1) is 5.41 Å². The average Bonchev–Trinajstić information content (AvgIpc) is 2.36. The van der Waals surface area contributed by atoms with Crippen molar-refractivity contribution >= 4 is 11.9 Å². The molecule has 0 aliphatic carbocycles. The smallest absolute Gasteiger partial charge is 0.314 e. The molecule has 0 aromatic heterocycles. The number of hydrogen-bond acceptors (Lipinski definition) is 6. The molecule has 0 amide bonds. The number of hydrogen-bond donors (Lipinski definition) is 1. The van der Waals surface area contributed by atoms with E-state index in [0.717, 1.165) is 12.8 Å². The van der Waals surface area contributed by atoms with Crippen molar-refractivity contribution in [2.45, 2.75) is 46.5 Å². The molecule has 122 valence electrons. The summed E-state index contributed by atoms with van der Waals surface area (Å²) in [6.45, 7) is 5.61. The zero-order valence-electron chi connectivity index (χ0n) is 13.2. The normalized spacial score (nSPS) is 11.4. The molecule has 1 N–H and O–H groups in total. The molecule has 0 aliphatic heterocycles. The van der Waals surface area contributed by atoms with Gasteiger partial charge in [0.2, 0.25) is 0 Å². The van der Waals surface area contributed by atoms with E-state index in [1.54, 1.807) is 32.8 Å². The predicted octanol–water partition coefficient (Wildman–Crippen LogP) is 2.41. The van der Waals surface area contributed by atoms with E-state index in [9.17, 15) is 9.59 Å². The van der Waals surface area contributed by atoms with Crippen molar-refractivity contribution in [1.82, 2.24) is 5.01 Å². The standard InChI is InChI=1S/C13H25N3O5/c1-13(2,3)12(19)20-10-21-15-14-16(4)9-7-5-6-8-11(17)18/h5-10H2,1-4H3,(H,17,18)/b15-14-. The van der Waals surface area contributed by atoms with Gasteiger partial charge in [0.15, 0.2) is 0 Å². The van der Waals surface area contributed by atoms with Crippen LogP contribution in [0.2, 0.25) is 0 Å². The Labute approximate surface area is 125 Å². The highest BCUT2D eigenvalue weighted by molar-refractivity contribution is 5.75. The van der Waals surface area contributed by atoms with E-state index in [-0.39, 0.29) is 19.2 Å². The minimum absolute atomic E-state index is 0.188. The monoisotopic (exact) mass is 303 g/mol. The number of rotatable bonds is 10. The molecule has 0 heterocycles. The summed E-state index contributed by atoms with van der Waals surface area (Å²) >= 11 is 0. The second-order valence-corrected chi connectivity index (χ2v) is 5.69. The van der Waals surface area contributed by atoms with Gasteiger partial charge in [-0.3, -0.25) is 14.6 Å². The molecule has 0 atom stereocenters. The number of nitrogens with zero attached hydrogens (tertiary/aromatic N) is 3. The van der Waals surface area contributed by atoms with Crippen LogP contribution in [-0.2, 0) is 19.2 Å². The molecule has 0 rings (SSSR count). The summed E-state index contributed by atoms with van der Waals surface area (Å²) < 4.78 is 4.83. The van der Waals surface area contributed by atoms with Gasteiger partial charge in [0.25, 0.3) is 6.79 Å². The van der Waals surface area contributed by atoms with Crippen molar-refractivity contribution in [1.29, 1.82) is 0 Å². The summed E-state index contributed by atoms with van der Waals surface area (Å²) in [6.07, 6.45) is 2.48. The van der Waals surface area contributed by atoms with E-state index in [0.29, 0.717) is 13.0 Å². The Bertz CT molecular complexity index is 352.